The summed E-state index contributed by atoms with van der Waals surface area (Å²) in [5, 5.41) is 21.8. The summed E-state index contributed by atoms with van der Waals surface area (Å²) < 4.78 is 4.94. The van der Waals surface area contributed by atoms with Crippen molar-refractivity contribution >= 4 is 17.7 Å². The fourth-order valence-corrected chi connectivity index (χ4v) is 3.95. The van der Waals surface area contributed by atoms with Crippen LogP contribution in [0.1, 0.15) is 32.6 Å². The molecule has 0 spiro atoms. The molecule has 0 radical (unpaired) electrons. The quantitative estimate of drug-likeness (QED) is 0.594. The molecule has 5 nitrogen and oxygen atoms in total. The minimum absolute atomic E-state index is 0.192. The summed E-state index contributed by atoms with van der Waals surface area (Å²) in [4.78, 5) is 12.0. The highest BCUT2D eigenvalue weighted by Gasteiger charge is 2.43. The van der Waals surface area contributed by atoms with Crippen molar-refractivity contribution in [1.82, 2.24) is 5.32 Å². The molecule has 0 amide bonds. The van der Waals surface area contributed by atoms with Crippen molar-refractivity contribution in [3.63, 3.8) is 0 Å². The Morgan fingerprint density at radius 2 is 2.37 bits per heavy atom. The normalized spacial score (nSPS) is 28.9. The third-order valence-corrected chi connectivity index (χ3v) is 4.98. The topological polar surface area (TPSA) is 78.8 Å². The first-order valence-corrected chi connectivity index (χ1v) is 7.86. The number of methoxy groups -OCH3 is 1. The maximum absolute atomic E-state index is 12.0. The monoisotopic (exact) mass is 291 g/mol. The number of esters is 1. The van der Waals surface area contributed by atoms with Gasteiger partial charge in [0.05, 0.1) is 19.8 Å². The number of nitrogens with one attached hydrogen (secondary N) is 1. The summed E-state index contributed by atoms with van der Waals surface area (Å²) in [7, 11) is 1.42. The molecule has 1 fully saturated rings. The first-order valence-electron chi connectivity index (χ1n) is 6.82. The average Bonchev–Trinajstić information content (AvgIpc) is 2.44. The van der Waals surface area contributed by atoms with Gasteiger partial charge in [-0.15, -0.1) is 0 Å². The van der Waals surface area contributed by atoms with Crippen LogP contribution in [0, 0.1) is 0 Å². The minimum atomic E-state index is -0.682. The van der Waals surface area contributed by atoms with Crippen LogP contribution < -0.4 is 5.32 Å². The summed E-state index contributed by atoms with van der Waals surface area (Å²) >= 11 is 1.63. The number of ether oxygens (including phenoxy) is 1. The molecule has 0 aromatic rings. The molecule has 1 rings (SSSR count). The standard InChI is InChI=1S/C13H25NO4S/c1-3-14-13(12(17)18-2)6-4-5-11(7-13)19-9-10(16)8-15/h10-11,14-16H,3-9H2,1-2H3. The van der Waals surface area contributed by atoms with Crippen LogP contribution in [0.5, 0.6) is 0 Å². The lowest BCUT2D eigenvalue weighted by Gasteiger charge is -2.39. The van der Waals surface area contributed by atoms with Crippen LogP contribution in [0.3, 0.4) is 0 Å². The highest BCUT2D eigenvalue weighted by Crippen LogP contribution is 2.36. The van der Waals surface area contributed by atoms with Gasteiger partial charge in [-0.05, 0) is 32.2 Å². The second-order valence-corrected chi connectivity index (χ2v) is 6.33. The van der Waals surface area contributed by atoms with E-state index in [-0.39, 0.29) is 12.6 Å². The Labute approximate surface area is 119 Å². The van der Waals surface area contributed by atoms with Crippen LogP contribution >= 0.6 is 11.8 Å². The smallest absolute Gasteiger partial charge is 0.326 e. The van der Waals surface area contributed by atoms with Crippen LogP contribution in [0.4, 0.5) is 0 Å². The third kappa shape index (κ3) is 4.63. The van der Waals surface area contributed by atoms with Gasteiger partial charge in [0.15, 0.2) is 0 Å². The molecular formula is C13H25NO4S. The number of aliphatic hydroxyl groups excluding tert-OH is 2. The summed E-state index contributed by atoms with van der Waals surface area (Å²) in [6, 6.07) is 0. The third-order valence-electron chi connectivity index (χ3n) is 3.53. The van der Waals surface area contributed by atoms with Gasteiger partial charge >= 0.3 is 5.97 Å². The number of carbonyl (C=O) groups excluding carboxylic acids is 1. The van der Waals surface area contributed by atoms with E-state index in [1.54, 1.807) is 11.8 Å². The molecular weight excluding hydrogens is 266 g/mol. The molecule has 0 saturated heterocycles. The van der Waals surface area contributed by atoms with Crippen molar-refractivity contribution in [3.05, 3.63) is 0 Å². The maximum atomic E-state index is 12.0. The summed E-state index contributed by atoms with van der Waals surface area (Å²) in [5.74, 6) is 0.312. The second kappa shape index (κ2) is 8.09. The Morgan fingerprint density at radius 3 is 2.95 bits per heavy atom. The highest BCUT2D eigenvalue weighted by molar-refractivity contribution is 7.99. The van der Waals surface area contributed by atoms with Gasteiger partial charge in [0.25, 0.3) is 0 Å². The van der Waals surface area contributed by atoms with Crippen LogP contribution in [0.2, 0.25) is 0 Å². The Hall–Kier alpha value is -0.300. The fourth-order valence-electron chi connectivity index (χ4n) is 2.62. The molecule has 3 N–H and O–H groups in total. The largest absolute Gasteiger partial charge is 0.468 e. The van der Waals surface area contributed by atoms with Gasteiger partial charge in [0.2, 0.25) is 0 Å². The Morgan fingerprint density at radius 1 is 1.63 bits per heavy atom. The van der Waals surface area contributed by atoms with E-state index in [1.165, 1.54) is 7.11 Å². The van der Waals surface area contributed by atoms with Crippen molar-refractivity contribution in [2.75, 3.05) is 26.0 Å². The number of aliphatic hydroxyl groups is 2. The molecule has 1 saturated carbocycles. The second-order valence-electron chi connectivity index (χ2n) is 4.99. The van der Waals surface area contributed by atoms with Gasteiger partial charge in [-0.25, -0.2) is 0 Å². The van der Waals surface area contributed by atoms with E-state index in [1.807, 2.05) is 6.92 Å². The van der Waals surface area contributed by atoms with Crippen molar-refractivity contribution in [2.45, 2.75) is 49.5 Å². The average molecular weight is 291 g/mol. The Kier molecular flexibility index (Phi) is 7.13. The van der Waals surface area contributed by atoms with E-state index in [4.69, 9.17) is 9.84 Å². The molecule has 0 heterocycles. The summed E-state index contributed by atoms with van der Waals surface area (Å²) in [6.45, 7) is 2.50. The van der Waals surface area contributed by atoms with Gasteiger partial charge < -0.3 is 20.3 Å². The molecule has 1 aliphatic rings. The first-order chi connectivity index (χ1) is 9.07. The molecule has 0 aromatic carbocycles. The SMILES string of the molecule is CCNC1(C(=O)OC)CCCC(SCC(O)CO)C1. The highest BCUT2D eigenvalue weighted by atomic mass is 32.2. The molecule has 0 aromatic heterocycles. The maximum Gasteiger partial charge on any atom is 0.326 e. The van der Waals surface area contributed by atoms with Crippen LogP contribution in [0.25, 0.3) is 0 Å². The van der Waals surface area contributed by atoms with Crippen molar-refractivity contribution < 1.29 is 19.7 Å². The van der Waals surface area contributed by atoms with E-state index in [0.29, 0.717) is 11.0 Å². The summed E-state index contributed by atoms with van der Waals surface area (Å²) in [5.41, 5.74) is -0.580. The molecule has 0 bridgehead atoms. The van der Waals surface area contributed by atoms with E-state index >= 15 is 0 Å². The molecule has 112 valence electrons. The lowest BCUT2D eigenvalue weighted by atomic mass is 9.81. The Balaban J connectivity index is 2.61. The van der Waals surface area contributed by atoms with E-state index in [9.17, 15) is 9.90 Å². The molecule has 3 unspecified atom stereocenters. The van der Waals surface area contributed by atoms with Crippen molar-refractivity contribution in [3.8, 4) is 0 Å². The lowest BCUT2D eigenvalue weighted by Crippen LogP contribution is -2.56. The van der Waals surface area contributed by atoms with Crippen LogP contribution in [-0.4, -0.2) is 59.1 Å². The van der Waals surface area contributed by atoms with Crippen molar-refractivity contribution in [2.24, 2.45) is 0 Å². The Bertz CT molecular complexity index is 286. The fraction of sp³-hybridized carbons (Fsp3) is 0.923. The number of hydrogen-bond donors (Lipinski definition) is 3. The van der Waals surface area contributed by atoms with Gasteiger partial charge in [-0.3, -0.25) is 4.79 Å². The number of likely N-dealkylation sites (N-methyl/N-ethyl adjacent to an activating group) is 1. The van der Waals surface area contributed by atoms with Crippen LogP contribution in [0.15, 0.2) is 0 Å². The minimum Gasteiger partial charge on any atom is -0.468 e. The van der Waals surface area contributed by atoms with Gasteiger partial charge in [-0.2, -0.15) is 11.8 Å². The molecule has 3 atom stereocenters. The van der Waals surface area contributed by atoms with E-state index in [2.05, 4.69) is 5.32 Å². The van der Waals surface area contributed by atoms with Gasteiger partial charge in [-0.1, -0.05) is 6.92 Å². The predicted octanol–water partition coefficient (Wildman–Crippen LogP) is 0.537. The zero-order chi connectivity index (χ0) is 14.3. The van der Waals surface area contributed by atoms with Crippen LogP contribution in [-0.2, 0) is 9.53 Å². The van der Waals surface area contributed by atoms with E-state index < -0.39 is 11.6 Å². The number of thioether (sulfide) groups is 1. The summed E-state index contributed by atoms with van der Waals surface area (Å²) in [6.07, 6.45) is 2.84. The first kappa shape index (κ1) is 16.8. The predicted molar refractivity (Wildman–Crippen MR) is 76.2 cm³/mol. The van der Waals surface area contributed by atoms with E-state index in [0.717, 1.165) is 32.2 Å². The molecule has 19 heavy (non-hydrogen) atoms. The molecule has 0 aliphatic heterocycles. The number of carbonyl (C=O) groups is 1. The van der Waals surface area contributed by atoms with Gasteiger partial charge in [0, 0.05) is 11.0 Å². The zero-order valence-electron chi connectivity index (χ0n) is 11.7. The van der Waals surface area contributed by atoms with Crippen molar-refractivity contribution in [1.29, 1.82) is 0 Å². The zero-order valence-corrected chi connectivity index (χ0v) is 12.5. The molecule has 6 heteroatoms. The number of rotatable bonds is 7. The number of hydrogen-bond acceptors (Lipinski definition) is 6. The lowest BCUT2D eigenvalue weighted by molar-refractivity contribution is -0.150. The van der Waals surface area contributed by atoms with Gasteiger partial charge in [0.1, 0.15) is 5.54 Å². The molecule has 1 aliphatic carbocycles.